The number of non-ortho nitro benzene ring substituents is 1. The van der Waals surface area contributed by atoms with Gasteiger partial charge in [-0.15, -0.1) is 0 Å². The number of fused-ring (bicyclic) bond motifs is 2. The highest BCUT2D eigenvalue weighted by Gasteiger charge is 2.59. The lowest BCUT2D eigenvalue weighted by Gasteiger charge is -2.46. The monoisotopic (exact) mass is 411 g/mol. The second kappa shape index (κ2) is 6.81. The van der Waals surface area contributed by atoms with Crippen LogP contribution < -0.4 is 9.64 Å². The number of nitrogens with zero attached hydrogens (tertiary/aromatic N) is 3. The highest BCUT2D eigenvalue weighted by atomic mass is 16.6. The molecule has 1 unspecified atom stereocenters. The molecule has 1 N–H and O–H groups in total. The molecule has 9 heteroatoms. The summed E-state index contributed by atoms with van der Waals surface area (Å²) in [4.78, 5) is 23.6. The number of benzene rings is 2. The standard InChI is InChI=1S/C21H21N3O6/c1-20(2)16-6-3-4-7-17(16)22(10-5-11-25)21(20)9-8-14-12-15(23(26)27)13-18(24(28)29)19(14)30-21/h3-4,6-9,12-13,25H,5,10-11H2,1-2H3. The van der Waals surface area contributed by atoms with E-state index < -0.39 is 26.7 Å². The Morgan fingerprint density at radius 3 is 2.53 bits per heavy atom. The Labute approximate surface area is 172 Å². The third kappa shape index (κ3) is 2.66. The van der Waals surface area contributed by atoms with Gasteiger partial charge >= 0.3 is 5.69 Å². The maximum absolute atomic E-state index is 11.7. The Morgan fingerprint density at radius 1 is 1.13 bits per heavy atom. The van der Waals surface area contributed by atoms with Gasteiger partial charge in [0.15, 0.2) is 0 Å². The third-order valence-electron chi connectivity index (χ3n) is 5.94. The summed E-state index contributed by atoms with van der Waals surface area (Å²) in [7, 11) is 0. The molecular weight excluding hydrogens is 390 g/mol. The van der Waals surface area contributed by atoms with Crippen molar-refractivity contribution in [1.82, 2.24) is 0 Å². The first-order chi connectivity index (χ1) is 14.2. The fourth-order valence-electron chi connectivity index (χ4n) is 4.43. The number of anilines is 1. The fraction of sp³-hybridized carbons (Fsp3) is 0.333. The van der Waals surface area contributed by atoms with Crippen LogP contribution in [-0.4, -0.2) is 33.8 Å². The van der Waals surface area contributed by atoms with Crippen LogP contribution in [0.2, 0.25) is 0 Å². The maximum Gasteiger partial charge on any atom is 0.318 e. The smallest absolute Gasteiger partial charge is 0.318 e. The predicted molar refractivity (Wildman–Crippen MR) is 111 cm³/mol. The second-order valence-corrected chi connectivity index (χ2v) is 7.90. The SMILES string of the molecule is CC1(C)c2ccccc2N(CCCO)C12C=Cc1cc([N+](=O)[O-])cc([N+](=O)[O-])c1O2. The molecule has 2 aromatic rings. The summed E-state index contributed by atoms with van der Waals surface area (Å²) >= 11 is 0. The van der Waals surface area contributed by atoms with E-state index in [9.17, 15) is 25.3 Å². The van der Waals surface area contributed by atoms with E-state index in [1.807, 2.05) is 43.0 Å². The summed E-state index contributed by atoms with van der Waals surface area (Å²) in [6.07, 6.45) is 3.94. The van der Waals surface area contributed by atoms with Crippen LogP contribution in [-0.2, 0) is 5.41 Å². The van der Waals surface area contributed by atoms with Crippen molar-refractivity contribution < 1.29 is 19.7 Å². The van der Waals surface area contributed by atoms with E-state index in [0.717, 1.165) is 17.3 Å². The molecule has 30 heavy (non-hydrogen) atoms. The highest BCUT2D eigenvalue weighted by Crippen LogP contribution is 2.56. The number of aliphatic hydroxyl groups is 1. The van der Waals surface area contributed by atoms with Gasteiger partial charge in [0.1, 0.15) is 0 Å². The number of hydrogen-bond acceptors (Lipinski definition) is 7. The maximum atomic E-state index is 11.7. The summed E-state index contributed by atoms with van der Waals surface area (Å²) in [5, 5.41) is 32.3. The average Bonchev–Trinajstić information content (AvgIpc) is 2.89. The molecule has 9 nitrogen and oxygen atoms in total. The summed E-state index contributed by atoms with van der Waals surface area (Å²) in [6.45, 7) is 4.45. The zero-order valence-corrected chi connectivity index (χ0v) is 16.6. The molecule has 156 valence electrons. The molecule has 0 saturated heterocycles. The lowest BCUT2D eigenvalue weighted by molar-refractivity contribution is -0.395. The molecule has 0 fully saturated rings. The minimum atomic E-state index is -1.08. The van der Waals surface area contributed by atoms with Crippen LogP contribution in [0.25, 0.3) is 6.08 Å². The molecule has 0 aliphatic carbocycles. The van der Waals surface area contributed by atoms with Gasteiger partial charge in [0.25, 0.3) is 5.69 Å². The molecule has 0 aromatic heterocycles. The quantitative estimate of drug-likeness (QED) is 0.587. The van der Waals surface area contributed by atoms with Crippen molar-refractivity contribution in [3.63, 3.8) is 0 Å². The lowest BCUT2D eigenvalue weighted by Crippen LogP contribution is -2.59. The topological polar surface area (TPSA) is 119 Å². The van der Waals surface area contributed by atoms with E-state index in [1.165, 1.54) is 6.07 Å². The fourth-order valence-corrected chi connectivity index (χ4v) is 4.43. The Hall–Kier alpha value is -3.46. The number of ether oxygens (including phenoxy) is 1. The van der Waals surface area contributed by atoms with Gasteiger partial charge in [0, 0.05) is 30.5 Å². The normalized spacial score (nSPS) is 20.6. The number of aliphatic hydroxyl groups excluding tert-OH is 1. The van der Waals surface area contributed by atoms with Crippen LogP contribution in [0.4, 0.5) is 17.1 Å². The first-order valence-electron chi connectivity index (χ1n) is 9.56. The molecule has 2 aliphatic rings. The van der Waals surface area contributed by atoms with Crippen molar-refractivity contribution in [2.45, 2.75) is 31.4 Å². The van der Waals surface area contributed by atoms with E-state index in [0.29, 0.717) is 13.0 Å². The van der Waals surface area contributed by atoms with Crippen molar-refractivity contribution in [2.75, 3.05) is 18.1 Å². The van der Waals surface area contributed by atoms with Gasteiger partial charge in [-0.1, -0.05) is 18.2 Å². The van der Waals surface area contributed by atoms with Crippen LogP contribution in [0.15, 0.2) is 42.5 Å². The van der Waals surface area contributed by atoms with Gasteiger partial charge in [-0.25, -0.2) is 0 Å². The van der Waals surface area contributed by atoms with E-state index >= 15 is 0 Å². The van der Waals surface area contributed by atoms with E-state index in [-0.39, 0.29) is 23.6 Å². The molecule has 0 amide bonds. The van der Waals surface area contributed by atoms with Gasteiger partial charge in [-0.05, 0) is 44.1 Å². The number of rotatable bonds is 5. The second-order valence-electron chi connectivity index (χ2n) is 7.90. The van der Waals surface area contributed by atoms with E-state index in [1.54, 1.807) is 12.2 Å². The van der Waals surface area contributed by atoms with Crippen LogP contribution in [0, 0.1) is 20.2 Å². The summed E-state index contributed by atoms with van der Waals surface area (Å²) in [5.74, 6) is 0.00276. The van der Waals surface area contributed by atoms with Crippen molar-refractivity contribution in [3.8, 4) is 5.75 Å². The van der Waals surface area contributed by atoms with Crippen molar-refractivity contribution >= 4 is 23.1 Å². The van der Waals surface area contributed by atoms with Gasteiger partial charge in [0.2, 0.25) is 11.5 Å². The predicted octanol–water partition coefficient (Wildman–Crippen LogP) is 3.79. The molecule has 0 bridgehead atoms. The number of nitro groups is 2. The van der Waals surface area contributed by atoms with Crippen molar-refractivity contribution in [2.24, 2.45) is 0 Å². The minimum Gasteiger partial charge on any atom is -0.456 e. The molecule has 0 saturated carbocycles. The van der Waals surface area contributed by atoms with Crippen LogP contribution in [0.1, 0.15) is 31.4 Å². The zero-order chi connectivity index (χ0) is 21.7. The first-order valence-corrected chi connectivity index (χ1v) is 9.56. The summed E-state index contributed by atoms with van der Waals surface area (Å²) < 4.78 is 6.41. The highest BCUT2D eigenvalue weighted by molar-refractivity contribution is 5.76. The van der Waals surface area contributed by atoms with Gasteiger partial charge in [-0.3, -0.25) is 20.2 Å². The first kappa shape index (κ1) is 19.8. The molecule has 2 aliphatic heterocycles. The van der Waals surface area contributed by atoms with Crippen LogP contribution >= 0.6 is 0 Å². The molecule has 2 aromatic carbocycles. The van der Waals surface area contributed by atoms with Crippen LogP contribution in [0.3, 0.4) is 0 Å². The summed E-state index contributed by atoms with van der Waals surface area (Å²) in [6, 6.07) is 9.99. The molecule has 1 atom stereocenters. The minimum absolute atomic E-state index is 0.00276. The Kier molecular flexibility index (Phi) is 4.50. The van der Waals surface area contributed by atoms with Gasteiger partial charge < -0.3 is 14.7 Å². The zero-order valence-electron chi connectivity index (χ0n) is 16.6. The molecule has 0 radical (unpaired) electrons. The van der Waals surface area contributed by atoms with Gasteiger partial charge in [-0.2, -0.15) is 0 Å². The molecule has 1 spiro atoms. The molecular formula is C21H21N3O6. The number of para-hydroxylation sites is 1. The number of hydrogen-bond donors (Lipinski definition) is 1. The van der Waals surface area contributed by atoms with E-state index in [4.69, 9.17) is 4.74 Å². The Morgan fingerprint density at radius 2 is 1.87 bits per heavy atom. The third-order valence-corrected chi connectivity index (χ3v) is 5.94. The lowest BCUT2D eigenvalue weighted by atomic mass is 9.76. The number of nitro benzene ring substituents is 2. The Balaban J connectivity index is 1.92. The van der Waals surface area contributed by atoms with Crippen LogP contribution in [0.5, 0.6) is 5.75 Å². The Bertz CT molecular complexity index is 1080. The van der Waals surface area contributed by atoms with Crippen molar-refractivity contribution in [1.29, 1.82) is 0 Å². The van der Waals surface area contributed by atoms with E-state index in [2.05, 4.69) is 0 Å². The largest absolute Gasteiger partial charge is 0.456 e. The molecule has 2 heterocycles. The van der Waals surface area contributed by atoms with Crippen molar-refractivity contribution in [3.05, 3.63) is 73.8 Å². The van der Waals surface area contributed by atoms with Gasteiger partial charge in [0.05, 0.1) is 21.3 Å². The average molecular weight is 411 g/mol. The molecule has 4 rings (SSSR count). The summed E-state index contributed by atoms with van der Waals surface area (Å²) in [5.41, 5.74) is -0.264.